The molecule has 1 aromatic heterocycles. The van der Waals surface area contributed by atoms with Crippen molar-refractivity contribution in [2.45, 2.75) is 19.3 Å². The van der Waals surface area contributed by atoms with Crippen LogP contribution < -0.4 is 4.87 Å². The van der Waals surface area contributed by atoms with Crippen LogP contribution in [-0.2, 0) is 12.8 Å². The molecular formula is C19H17NO3S. The summed E-state index contributed by atoms with van der Waals surface area (Å²) in [5, 5.41) is 9.61. The molecule has 0 amide bonds. The fourth-order valence-corrected chi connectivity index (χ4v) is 3.27. The van der Waals surface area contributed by atoms with Gasteiger partial charge in [-0.15, -0.1) is 0 Å². The van der Waals surface area contributed by atoms with E-state index in [9.17, 15) is 14.7 Å². The van der Waals surface area contributed by atoms with Crippen LogP contribution in [-0.4, -0.2) is 15.9 Å². The summed E-state index contributed by atoms with van der Waals surface area (Å²) < 4.78 is 0. The summed E-state index contributed by atoms with van der Waals surface area (Å²) in [4.78, 5) is 26.1. The number of rotatable bonds is 6. The number of aromatic hydroxyl groups is 1. The summed E-state index contributed by atoms with van der Waals surface area (Å²) in [6.07, 6.45) is 1.67. The van der Waals surface area contributed by atoms with Gasteiger partial charge >= 0.3 is 4.87 Å². The summed E-state index contributed by atoms with van der Waals surface area (Å²) in [6, 6.07) is 17.3. The molecular weight excluding hydrogens is 322 g/mol. The lowest BCUT2D eigenvalue weighted by molar-refractivity contribution is 0.0983. The van der Waals surface area contributed by atoms with Gasteiger partial charge in [0, 0.05) is 18.4 Å². The van der Waals surface area contributed by atoms with E-state index >= 15 is 0 Å². The van der Waals surface area contributed by atoms with Crippen molar-refractivity contribution in [3.05, 3.63) is 85.8 Å². The third kappa shape index (κ3) is 4.00. The predicted molar refractivity (Wildman–Crippen MR) is 94.9 cm³/mol. The number of aryl methyl sites for hydroxylation is 1. The molecule has 3 rings (SSSR count). The van der Waals surface area contributed by atoms with Crippen molar-refractivity contribution in [3.63, 3.8) is 0 Å². The monoisotopic (exact) mass is 339 g/mol. The maximum atomic E-state index is 12.3. The van der Waals surface area contributed by atoms with E-state index in [1.165, 1.54) is 0 Å². The second-order valence-corrected chi connectivity index (χ2v) is 6.64. The van der Waals surface area contributed by atoms with Gasteiger partial charge in [-0.05, 0) is 17.5 Å². The first-order valence-corrected chi connectivity index (χ1v) is 8.50. The Labute approximate surface area is 143 Å². The highest BCUT2D eigenvalue weighted by Crippen LogP contribution is 2.20. The zero-order valence-corrected chi connectivity index (χ0v) is 13.8. The van der Waals surface area contributed by atoms with Crippen LogP contribution in [0.15, 0.2) is 59.4 Å². The summed E-state index contributed by atoms with van der Waals surface area (Å²) >= 11 is 0.997. The number of ketones is 1. The molecule has 0 saturated carbocycles. The molecule has 0 bridgehead atoms. The minimum atomic E-state index is -0.268. The number of H-pyrrole nitrogens is 1. The fourth-order valence-electron chi connectivity index (χ4n) is 2.51. The molecule has 24 heavy (non-hydrogen) atoms. The number of hydrogen-bond donors (Lipinski definition) is 2. The van der Waals surface area contributed by atoms with Crippen molar-refractivity contribution in [1.29, 1.82) is 0 Å². The molecule has 2 N–H and O–H groups in total. The molecule has 0 aliphatic rings. The third-order valence-corrected chi connectivity index (χ3v) is 4.70. The molecule has 0 atom stereocenters. The van der Waals surface area contributed by atoms with Crippen LogP contribution in [0.1, 0.15) is 32.8 Å². The van der Waals surface area contributed by atoms with E-state index in [0.717, 1.165) is 28.9 Å². The van der Waals surface area contributed by atoms with Crippen LogP contribution in [0.2, 0.25) is 0 Å². The van der Waals surface area contributed by atoms with Gasteiger partial charge in [-0.25, -0.2) is 0 Å². The van der Waals surface area contributed by atoms with Crippen LogP contribution >= 0.6 is 11.3 Å². The minimum absolute atomic E-state index is 0.0759. The van der Waals surface area contributed by atoms with E-state index in [4.69, 9.17) is 0 Å². The Morgan fingerprint density at radius 1 is 1.00 bits per heavy atom. The second kappa shape index (κ2) is 7.27. The highest BCUT2D eigenvalue weighted by molar-refractivity contribution is 7.09. The van der Waals surface area contributed by atoms with Gasteiger partial charge in [0.15, 0.2) is 5.78 Å². The van der Waals surface area contributed by atoms with E-state index in [-0.39, 0.29) is 16.5 Å². The predicted octanol–water partition coefficient (Wildman–Crippen LogP) is 3.55. The highest BCUT2D eigenvalue weighted by Gasteiger charge is 2.09. The third-order valence-electron chi connectivity index (χ3n) is 3.82. The van der Waals surface area contributed by atoms with Crippen LogP contribution in [0.3, 0.4) is 0 Å². The smallest absolute Gasteiger partial charge is 0.307 e. The van der Waals surface area contributed by atoms with Gasteiger partial charge in [0.05, 0.1) is 4.88 Å². The molecule has 0 aliphatic heterocycles. The van der Waals surface area contributed by atoms with E-state index in [1.807, 2.05) is 42.5 Å². The van der Waals surface area contributed by atoms with Crippen LogP contribution in [0.5, 0.6) is 5.88 Å². The molecule has 122 valence electrons. The summed E-state index contributed by atoms with van der Waals surface area (Å²) in [7, 11) is 0. The van der Waals surface area contributed by atoms with Gasteiger partial charge in [0.25, 0.3) is 0 Å². The zero-order valence-electron chi connectivity index (χ0n) is 13.0. The lowest BCUT2D eigenvalue weighted by atomic mass is 10.0. The average molecular weight is 339 g/mol. The highest BCUT2D eigenvalue weighted by atomic mass is 32.1. The molecule has 1 heterocycles. The Morgan fingerprint density at radius 3 is 2.33 bits per heavy atom. The quantitative estimate of drug-likeness (QED) is 0.675. The minimum Gasteiger partial charge on any atom is -0.494 e. The number of thiazole rings is 1. The Bertz CT molecular complexity index is 879. The van der Waals surface area contributed by atoms with Gasteiger partial charge in [0.2, 0.25) is 5.88 Å². The van der Waals surface area contributed by atoms with Crippen molar-refractivity contribution in [2.24, 2.45) is 0 Å². The largest absolute Gasteiger partial charge is 0.494 e. The normalized spacial score (nSPS) is 10.7. The number of aromatic nitrogens is 1. The van der Waals surface area contributed by atoms with Gasteiger partial charge < -0.3 is 5.11 Å². The van der Waals surface area contributed by atoms with Gasteiger partial charge in [-0.3, -0.25) is 14.6 Å². The van der Waals surface area contributed by atoms with Gasteiger partial charge in [-0.1, -0.05) is 65.9 Å². The SMILES string of the molecule is O=C(CCc1ccccc1)c1ccc(Cc2sc(=O)[nH]c2O)cc1. The van der Waals surface area contributed by atoms with Crippen molar-refractivity contribution in [3.8, 4) is 5.88 Å². The molecule has 0 spiro atoms. The first-order valence-electron chi connectivity index (χ1n) is 7.69. The Morgan fingerprint density at radius 2 is 1.71 bits per heavy atom. The molecule has 0 unspecified atom stereocenters. The molecule has 5 heteroatoms. The van der Waals surface area contributed by atoms with Crippen LogP contribution in [0.4, 0.5) is 0 Å². The number of benzene rings is 2. The number of nitrogens with one attached hydrogen (secondary N) is 1. The van der Waals surface area contributed by atoms with E-state index < -0.39 is 0 Å². The van der Waals surface area contributed by atoms with Crippen molar-refractivity contribution in [1.82, 2.24) is 4.98 Å². The van der Waals surface area contributed by atoms with Crippen molar-refractivity contribution >= 4 is 17.1 Å². The van der Waals surface area contributed by atoms with Crippen LogP contribution in [0, 0.1) is 0 Å². The number of carbonyl (C=O) groups is 1. The van der Waals surface area contributed by atoms with Crippen molar-refractivity contribution in [2.75, 3.05) is 0 Å². The topological polar surface area (TPSA) is 70.2 Å². The van der Waals surface area contributed by atoms with Crippen molar-refractivity contribution < 1.29 is 9.90 Å². The molecule has 2 aromatic carbocycles. The standard InChI is InChI=1S/C19H17NO3S/c21-16(11-8-13-4-2-1-3-5-13)15-9-6-14(7-10-15)12-17-18(22)20-19(23)24-17/h1-7,9-10,22H,8,11-12H2,(H,20,23). The first-order chi connectivity index (χ1) is 11.6. The number of carbonyl (C=O) groups excluding carboxylic acids is 1. The lowest BCUT2D eigenvalue weighted by Gasteiger charge is -2.04. The second-order valence-electron chi connectivity index (χ2n) is 5.57. The summed E-state index contributed by atoms with van der Waals surface area (Å²) in [6.45, 7) is 0. The zero-order chi connectivity index (χ0) is 16.9. The fraction of sp³-hybridized carbons (Fsp3) is 0.158. The lowest BCUT2D eigenvalue weighted by Crippen LogP contribution is -2.01. The number of Topliss-reactive ketones (excluding diaryl/α,β-unsaturated/α-hetero) is 1. The molecule has 0 aliphatic carbocycles. The van der Waals surface area contributed by atoms with E-state index in [1.54, 1.807) is 12.1 Å². The average Bonchev–Trinajstić information content (AvgIpc) is 2.91. The Hall–Kier alpha value is -2.66. The molecule has 0 radical (unpaired) electrons. The van der Waals surface area contributed by atoms with E-state index in [2.05, 4.69) is 4.98 Å². The molecule has 0 fully saturated rings. The maximum Gasteiger partial charge on any atom is 0.307 e. The first kappa shape index (κ1) is 16.2. The van der Waals surface area contributed by atoms with E-state index in [0.29, 0.717) is 23.3 Å². The Balaban J connectivity index is 1.62. The number of aromatic amines is 1. The molecule has 4 nitrogen and oxygen atoms in total. The summed E-state index contributed by atoms with van der Waals surface area (Å²) in [5.74, 6) is 0.0348. The van der Waals surface area contributed by atoms with Crippen LogP contribution in [0.25, 0.3) is 0 Å². The molecule has 0 saturated heterocycles. The Kier molecular flexibility index (Phi) is 4.91. The van der Waals surface area contributed by atoms with Gasteiger partial charge in [-0.2, -0.15) is 0 Å². The maximum absolute atomic E-state index is 12.3. The molecule has 3 aromatic rings. The van der Waals surface area contributed by atoms with Gasteiger partial charge in [0.1, 0.15) is 0 Å². The summed E-state index contributed by atoms with van der Waals surface area (Å²) in [5.41, 5.74) is 2.78. The number of hydrogen-bond acceptors (Lipinski definition) is 4.